The van der Waals surface area contributed by atoms with Crippen LogP contribution < -0.4 is 10.9 Å². The fourth-order valence-electron chi connectivity index (χ4n) is 4.42. The van der Waals surface area contributed by atoms with Crippen LogP contribution in [0.25, 0.3) is 16.6 Å². The molecule has 1 N–H and O–H groups in total. The summed E-state index contributed by atoms with van der Waals surface area (Å²) in [7, 11) is 0. The summed E-state index contributed by atoms with van der Waals surface area (Å²) in [5, 5.41) is 4.34. The van der Waals surface area contributed by atoms with E-state index in [1.807, 2.05) is 42.5 Å². The van der Waals surface area contributed by atoms with Gasteiger partial charge in [-0.25, -0.2) is 9.55 Å². The van der Waals surface area contributed by atoms with Crippen molar-refractivity contribution in [3.63, 3.8) is 0 Å². The molecular weight excluding hydrogens is 420 g/mol. The average Bonchev–Trinajstić information content (AvgIpc) is 2.75. The molecule has 5 rings (SSSR count). The van der Waals surface area contributed by atoms with Crippen LogP contribution in [-0.2, 0) is 6.54 Å². The van der Waals surface area contributed by atoms with E-state index in [9.17, 15) is 4.79 Å². The van der Waals surface area contributed by atoms with Crippen LogP contribution in [-0.4, -0.2) is 27.5 Å². The Morgan fingerprint density at radius 2 is 1.72 bits per heavy atom. The minimum absolute atomic E-state index is 0.164. The Balaban J connectivity index is 1.48. The number of nitrogens with one attached hydrogen (secondary N) is 1. The number of halogens is 1. The number of nitrogens with zero attached hydrogens (tertiary/aromatic N) is 3. The van der Waals surface area contributed by atoms with Gasteiger partial charge in [0, 0.05) is 30.3 Å². The lowest BCUT2D eigenvalue weighted by molar-refractivity contribution is 0.0242. The molecule has 4 aromatic rings. The van der Waals surface area contributed by atoms with Crippen LogP contribution >= 0.6 is 11.6 Å². The van der Waals surface area contributed by atoms with E-state index < -0.39 is 0 Å². The van der Waals surface area contributed by atoms with Crippen LogP contribution in [0, 0.1) is 5.41 Å². The van der Waals surface area contributed by atoms with Gasteiger partial charge < -0.3 is 5.32 Å². The van der Waals surface area contributed by atoms with Gasteiger partial charge in [-0.2, -0.15) is 0 Å². The van der Waals surface area contributed by atoms with Crippen molar-refractivity contribution in [1.29, 1.82) is 0 Å². The topological polar surface area (TPSA) is 50.2 Å². The van der Waals surface area contributed by atoms with Crippen molar-refractivity contribution in [3.05, 3.63) is 93.7 Å². The maximum Gasteiger partial charge on any atom is 0.267 e. The van der Waals surface area contributed by atoms with Gasteiger partial charge in [0.25, 0.3) is 5.56 Å². The van der Waals surface area contributed by atoms with Gasteiger partial charge in [0.2, 0.25) is 5.95 Å². The van der Waals surface area contributed by atoms with Crippen LogP contribution in [0.5, 0.6) is 0 Å². The number of benzene rings is 3. The first-order valence-corrected chi connectivity index (χ1v) is 11.1. The molecule has 1 aliphatic heterocycles. The zero-order chi connectivity index (χ0) is 22.3. The number of para-hydroxylation sites is 1. The number of hydrogen-bond acceptors (Lipinski definition) is 4. The lowest BCUT2D eigenvalue weighted by Gasteiger charge is -2.46. The fourth-order valence-corrected chi connectivity index (χ4v) is 4.59. The molecule has 0 aliphatic carbocycles. The van der Waals surface area contributed by atoms with Gasteiger partial charge in [-0.15, -0.1) is 0 Å². The highest BCUT2D eigenvalue weighted by atomic mass is 35.5. The van der Waals surface area contributed by atoms with Crippen molar-refractivity contribution in [2.24, 2.45) is 5.41 Å². The summed E-state index contributed by atoms with van der Waals surface area (Å²) in [4.78, 5) is 20.6. The highest BCUT2D eigenvalue weighted by Gasteiger charge is 2.33. The van der Waals surface area contributed by atoms with Crippen molar-refractivity contribution < 1.29 is 0 Å². The summed E-state index contributed by atoms with van der Waals surface area (Å²) in [5.74, 6) is 0.466. The molecule has 0 bridgehead atoms. The molecule has 0 amide bonds. The predicted molar refractivity (Wildman–Crippen MR) is 131 cm³/mol. The fraction of sp³-hybridized carbons (Fsp3) is 0.231. The Kier molecular flexibility index (Phi) is 5.24. The van der Waals surface area contributed by atoms with Crippen LogP contribution in [0.1, 0.15) is 19.4 Å². The van der Waals surface area contributed by atoms with E-state index in [0.29, 0.717) is 27.3 Å². The summed E-state index contributed by atoms with van der Waals surface area (Å²) in [6.45, 7) is 7.80. The monoisotopic (exact) mass is 444 g/mol. The van der Waals surface area contributed by atoms with Crippen LogP contribution in [0.3, 0.4) is 0 Å². The molecule has 0 spiro atoms. The third-order valence-electron chi connectivity index (χ3n) is 5.76. The second-order valence-corrected chi connectivity index (χ2v) is 9.64. The SMILES string of the molecule is CC1(C)CN(Cc2ccc(Nc3nc4ccc(Cl)cc4c(=O)n3-c3ccccc3)cc2)C1. The first-order valence-electron chi connectivity index (χ1n) is 10.7. The van der Waals surface area contributed by atoms with Crippen LogP contribution in [0.4, 0.5) is 11.6 Å². The molecule has 32 heavy (non-hydrogen) atoms. The Bertz CT molecular complexity index is 1320. The Labute approximate surface area is 192 Å². The molecule has 162 valence electrons. The standard InChI is InChI=1S/C26H25ClN4O/c1-26(2)16-30(17-26)15-18-8-11-20(12-9-18)28-25-29-23-13-10-19(27)14-22(23)24(32)31(25)21-6-4-3-5-7-21/h3-14H,15-17H2,1-2H3,(H,28,29). The van der Waals surface area contributed by atoms with Crippen LogP contribution in [0.15, 0.2) is 77.6 Å². The molecule has 3 aromatic carbocycles. The third kappa shape index (κ3) is 4.14. The molecule has 0 unspecified atom stereocenters. The lowest BCUT2D eigenvalue weighted by Crippen LogP contribution is -2.52. The van der Waals surface area contributed by atoms with Gasteiger partial charge in [-0.05, 0) is 53.4 Å². The molecule has 0 saturated carbocycles. The number of hydrogen-bond donors (Lipinski definition) is 1. The summed E-state index contributed by atoms with van der Waals surface area (Å²) >= 11 is 6.14. The van der Waals surface area contributed by atoms with E-state index >= 15 is 0 Å². The second-order valence-electron chi connectivity index (χ2n) is 9.20. The lowest BCUT2D eigenvalue weighted by atomic mass is 9.84. The van der Waals surface area contributed by atoms with E-state index in [0.717, 1.165) is 31.0 Å². The molecule has 0 radical (unpaired) electrons. The summed E-state index contributed by atoms with van der Waals surface area (Å²) in [6, 6.07) is 23.0. The molecular formula is C26H25ClN4O. The number of likely N-dealkylation sites (tertiary alicyclic amines) is 1. The predicted octanol–water partition coefficient (Wildman–Crippen LogP) is 5.62. The first kappa shape index (κ1) is 20.7. The molecule has 2 heterocycles. The van der Waals surface area contributed by atoms with Crippen molar-refractivity contribution >= 4 is 34.1 Å². The van der Waals surface area contributed by atoms with Crippen molar-refractivity contribution in [2.75, 3.05) is 18.4 Å². The number of rotatable bonds is 5. The van der Waals surface area contributed by atoms with E-state index in [-0.39, 0.29) is 5.56 Å². The molecule has 1 aliphatic rings. The first-order chi connectivity index (χ1) is 15.4. The highest BCUT2D eigenvalue weighted by Crippen LogP contribution is 2.30. The number of aromatic nitrogens is 2. The minimum Gasteiger partial charge on any atom is -0.325 e. The maximum atomic E-state index is 13.4. The molecule has 1 saturated heterocycles. The van der Waals surface area contributed by atoms with Crippen molar-refractivity contribution in [3.8, 4) is 5.69 Å². The third-order valence-corrected chi connectivity index (χ3v) is 6.00. The molecule has 6 heteroatoms. The zero-order valence-electron chi connectivity index (χ0n) is 18.2. The van der Waals surface area contributed by atoms with E-state index in [4.69, 9.17) is 16.6 Å². The molecule has 0 atom stereocenters. The summed E-state index contributed by atoms with van der Waals surface area (Å²) in [5.41, 5.74) is 3.75. The van der Waals surface area contributed by atoms with Crippen molar-refractivity contribution in [1.82, 2.24) is 14.5 Å². The van der Waals surface area contributed by atoms with Crippen LogP contribution in [0.2, 0.25) is 5.02 Å². The normalized spacial score (nSPS) is 15.5. The molecule has 1 aromatic heterocycles. The number of fused-ring (bicyclic) bond motifs is 1. The smallest absolute Gasteiger partial charge is 0.267 e. The van der Waals surface area contributed by atoms with Gasteiger partial charge in [0.05, 0.1) is 16.6 Å². The quantitative estimate of drug-likeness (QED) is 0.433. The Morgan fingerprint density at radius 3 is 2.41 bits per heavy atom. The minimum atomic E-state index is -0.164. The highest BCUT2D eigenvalue weighted by molar-refractivity contribution is 6.31. The largest absolute Gasteiger partial charge is 0.325 e. The van der Waals surface area contributed by atoms with Gasteiger partial charge >= 0.3 is 0 Å². The average molecular weight is 445 g/mol. The van der Waals surface area contributed by atoms with E-state index in [1.165, 1.54) is 5.56 Å². The van der Waals surface area contributed by atoms with Gasteiger partial charge in [0.15, 0.2) is 0 Å². The van der Waals surface area contributed by atoms with E-state index in [1.54, 1.807) is 22.8 Å². The van der Waals surface area contributed by atoms with E-state index in [2.05, 4.69) is 36.2 Å². The Hall–Kier alpha value is -3.15. The number of anilines is 2. The molecule has 5 nitrogen and oxygen atoms in total. The van der Waals surface area contributed by atoms with Crippen molar-refractivity contribution in [2.45, 2.75) is 20.4 Å². The maximum absolute atomic E-state index is 13.4. The second kappa shape index (κ2) is 8.08. The summed E-state index contributed by atoms with van der Waals surface area (Å²) < 4.78 is 1.59. The van der Waals surface area contributed by atoms with Gasteiger partial charge in [-0.1, -0.05) is 55.8 Å². The Morgan fingerprint density at radius 1 is 1.00 bits per heavy atom. The zero-order valence-corrected chi connectivity index (χ0v) is 18.9. The summed E-state index contributed by atoms with van der Waals surface area (Å²) in [6.07, 6.45) is 0. The van der Waals surface area contributed by atoms with Gasteiger partial charge in [0.1, 0.15) is 0 Å². The van der Waals surface area contributed by atoms with Gasteiger partial charge in [-0.3, -0.25) is 9.69 Å². The molecule has 1 fully saturated rings.